The maximum atomic E-state index is 13.0. The Morgan fingerprint density at radius 2 is 1.64 bits per heavy atom. The number of sulfonamides is 1. The van der Waals surface area contributed by atoms with Crippen LogP contribution in [0.2, 0.25) is 5.02 Å². The van der Waals surface area contributed by atoms with Gasteiger partial charge in [0, 0.05) is 24.3 Å². The third-order valence-electron chi connectivity index (χ3n) is 5.54. The number of nitrogens with one attached hydrogen (secondary N) is 2. The average Bonchev–Trinajstić information content (AvgIpc) is 2.92. The molecule has 0 fully saturated rings. The molecule has 3 aromatic rings. The number of esters is 1. The second kappa shape index (κ2) is 13.2. The second-order valence-electron chi connectivity index (χ2n) is 8.56. The lowest BCUT2D eigenvalue weighted by molar-refractivity contribution is -0.136. The van der Waals surface area contributed by atoms with E-state index in [1.165, 1.54) is 26.3 Å². The van der Waals surface area contributed by atoms with Crippen molar-refractivity contribution in [3.63, 3.8) is 0 Å². The van der Waals surface area contributed by atoms with Gasteiger partial charge < -0.3 is 19.7 Å². The molecular weight excluding hydrogens is 546 g/mol. The Balaban J connectivity index is 1.60. The quantitative estimate of drug-likeness (QED) is 0.336. The summed E-state index contributed by atoms with van der Waals surface area (Å²) >= 11 is 5.86. The number of ether oxygens (including phenoxy) is 2. The molecule has 0 aliphatic carbocycles. The molecule has 0 atom stereocenters. The molecule has 2 amide bonds. The predicted molar refractivity (Wildman–Crippen MR) is 146 cm³/mol. The first-order chi connectivity index (χ1) is 18.5. The van der Waals surface area contributed by atoms with Gasteiger partial charge in [-0.25, -0.2) is 17.9 Å². The van der Waals surface area contributed by atoms with Gasteiger partial charge in [0.1, 0.15) is 10.6 Å². The van der Waals surface area contributed by atoms with Gasteiger partial charge in [-0.15, -0.1) is 0 Å². The summed E-state index contributed by atoms with van der Waals surface area (Å²) in [5.74, 6) is -1.94. The molecule has 3 rings (SSSR count). The molecule has 3 aromatic carbocycles. The van der Waals surface area contributed by atoms with Crippen molar-refractivity contribution in [3.05, 3.63) is 88.4 Å². The van der Waals surface area contributed by atoms with Gasteiger partial charge >= 0.3 is 5.97 Å². The Labute approximate surface area is 231 Å². The van der Waals surface area contributed by atoms with E-state index in [2.05, 4.69) is 10.0 Å². The van der Waals surface area contributed by atoms with E-state index in [1.807, 2.05) is 19.1 Å². The van der Waals surface area contributed by atoms with Crippen LogP contribution in [0.25, 0.3) is 0 Å². The van der Waals surface area contributed by atoms with Crippen LogP contribution in [0.5, 0.6) is 5.75 Å². The van der Waals surface area contributed by atoms with E-state index in [0.717, 1.165) is 16.5 Å². The standard InChI is InChI=1S/C27H28ClN3O7S/c1-18-4-11-22(12-5-18)30-25(32)16-31(2)26(33)17-38-27(34)20-8-13-23(37-3)24(14-20)39(35,36)29-15-19-6-9-21(28)10-7-19/h4-14,29H,15-17H2,1-3H3,(H,30,32). The maximum Gasteiger partial charge on any atom is 0.338 e. The molecular formula is C27H28ClN3O7S. The fourth-order valence-electron chi connectivity index (χ4n) is 3.33. The van der Waals surface area contributed by atoms with Crippen molar-refractivity contribution in [2.45, 2.75) is 18.4 Å². The largest absolute Gasteiger partial charge is 0.495 e. The number of rotatable bonds is 11. The maximum absolute atomic E-state index is 13.0. The van der Waals surface area contributed by atoms with Crippen LogP contribution in [-0.2, 0) is 30.9 Å². The summed E-state index contributed by atoms with van der Waals surface area (Å²) < 4.78 is 38.6. The molecule has 10 nitrogen and oxygen atoms in total. The normalized spacial score (nSPS) is 11.0. The monoisotopic (exact) mass is 573 g/mol. The molecule has 0 aliphatic rings. The van der Waals surface area contributed by atoms with Gasteiger partial charge in [0.05, 0.1) is 19.2 Å². The Hall–Kier alpha value is -3.93. The number of halogens is 1. The number of nitrogens with zero attached hydrogens (tertiary/aromatic N) is 1. The molecule has 39 heavy (non-hydrogen) atoms. The van der Waals surface area contributed by atoms with Crippen molar-refractivity contribution in [1.29, 1.82) is 0 Å². The third kappa shape index (κ3) is 8.54. The van der Waals surface area contributed by atoms with Gasteiger partial charge in [-0.1, -0.05) is 41.4 Å². The molecule has 206 valence electrons. The van der Waals surface area contributed by atoms with Crippen molar-refractivity contribution in [2.24, 2.45) is 0 Å². The molecule has 0 radical (unpaired) electrons. The number of hydrogen-bond donors (Lipinski definition) is 2. The summed E-state index contributed by atoms with van der Waals surface area (Å²) in [6, 6.07) is 17.5. The zero-order valence-electron chi connectivity index (χ0n) is 21.6. The third-order valence-corrected chi connectivity index (χ3v) is 7.21. The predicted octanol–water partition coefficient (Wildman–Crippen LogP) is 3.39. The lowest BCUT2D eigenvalue weighted by Gasteiger charge is -2.17. The van der Waals surface area contributed by atoms with Crippen molar-refractivity contribution in [3.8, 4) is 5.75 Å². The van der Waals surface area contributed by atoms with Crippen LogP contribution in [0.3, 0.4) is 0 Å². The number of amides is 2. The molecule has 0 saturated heterocycles. The number of methoxy groups -OCH3 is 1. The number of carbonyl (C=O) groups excluding carboxylic acids is 3. The fourth-order valence-corrected chi connectivity index (χ4v) is 4.67. The minimum Gasteiger partial charge on any atom is -0.495 e. The van der Waals surface area contributed by atoms with E-state index in [0.29, 0.717) is 16.3 Å². The summed E-state index contributed by atoms with van der Waals surface area (Å²) in [5.41, 5.74) is 2.20. The highest BCUT2D eigenvalue weighted by molar-refractivity contribution is 7.89. The van der Waals surface area contributed by atoms with Crippen molar-refractivity contribution in [1.82, 2.24) is 9.62 Å². The first-order valence-electron chi connectivity index (χ1n) is 11.7. The van der Waals surface area contributed by atoms with Crippen LogP contribution >= 0.6 is 11.6 Å². The lowest BCUT2D eigenvalue weighted by Crippen LogP contribution is -2.37. The lowest BCUT2D eigenvalue weighted by atomic mass is 10.2. The molecule has 0 unspecified atom stereocenters. The Kier molecular flexibility index (Phi) is 10.0. The summed E-state index contributed by atoms with van der Waals surface area (Å²) in [6.07, 6.45) is 0. The number of likely N-dealkylation sites (N-methyl/N-ethyl adjacent to an activating group) is 1. The van der Waals surface area contributed by atoms with Gasteiger partial charge in [-0.3, -0.25) is 9.59 Å². The van der Waals surface area contributed by atoms with Crippen LogP contribution in [0.15, 0.2) is 71.6 Å². The van der Waals surface area contributed by atoms with Gasteiger partial charge in [0.15, 0.2) is 6.61 Å². The number of hydrogen-bond acceptors (Lipinski definition) is 7. The first kappa shape index (κ1) is 29.6. The summed E-state index contributed by atoms with van der Waals surface area (Å²) in [4.78, 5) is 38.1. The molecule has 0 aliphatic heterocycles. The van der Waals surface area contributed by atoms with Gasteiger partial charge in [-0.2, -0.15) is 0 Å². The van der Waals surface area contributed by atoms with Crippen LogP contribution in [0.1, 0.15) is 21.5 Å². The topological polar surface area (TPSA) is 131 Å². The Morgan fingerprint density at radius 1 is 0.974 bits per heavy atom. The smallest absolute Gasteiger partial charge is 0.338 e. The minimum atomic E-state index is -4.09. The molecule has 0 aromatic heterocycles. The zero-order valence-corrected chi connectivity index (χ0v) is 23.1. The van der Waals surface area contributed by atoms with Crippen molar-refractivity contribution in [2.75, 3.05) is 32.6 Å². The van der Waals surface area contributed by atoms with Crippen molar-refractivity contribution >= 4 is 45.1 Å². The first-order valence-corrected chi connectivity index (χ1v) is 13.5. The number of carbonyl (C=O) groups is 3. The zero-order chi connectivity index (χ0) is 28.6. The highest BCUT2D eigenvalue weighted by Crippen LogP contribution is 2.25. The number of anilines is 1. The Bertz CT molecular complexity index is 1440. The van der Waals surface area contributed by atoms with Crippen LogP contribution in [0.4, 0.5) is 5.69 Å². The molecule has 0 bridgehead atoms. The average molecular weight is 574 g/mol. The van der Waals surface area contributed by atoms with E-state index in [9.17, 15) is 22.8 Å². The summed E-state index contributed by atoms with van der Waals surface area (Å²) in [7, 11) is -1.39. The number of benzene rings is 3. The second-order valence-corrected chi connectivity index (χ2v) is 10.7. The van der Waals surface area contributed by atoms with E-state index < -0.39 is 34.4 Å². The molecule has 2 N–H and O–H groups in total. The molecule has 0 heterocycles. The Morgan fingerprint density at radius 3 is 2.28 bits per heavy atom. The molecule has 0 spiro atoms. The van der Waals surface area contributed by atoms with E-state index in [1.54, 1.807) is 36.4 Å². The number of aryl methyl sites for hydroxylation is 1. The van der Waals surface area contributed by atoms with Gasteiger partial charge in [-0.05, 0) is 55.0 Å². The SMILES string of the molecule is COc1ccc(C(=O)OCC(=O)N(C)CC(=O)Nc2ccc(C)cc2)cc1S(=O)(=O)NCc1ccc(Cl)cc1. The van der Waals surface area contributed by atoms with E-state index in [4.69, 9.17) is 21.1 Å². The summed E-state index contributed by atoms with van der Waals surface area (Å²) in [6.45, 7) is 1.01. The molecule has 0 saturated carbocycles. The van der Waals surface area contributed by atoms with Crippen LogP contribution in [0, 0.1) is 6.92 Å². The minimum absolute atomic E-state index is 0.0182. The van der Waals surface area contributed by atoms with Gasteiger partial charge in [0.2, 0.25) is 15.9 Å². The highest BCUT2D eigenvalue weighted by atomic mass is 35.5. The van der Waals surface area contributed by atoms with Crippen molar-refractivity contribution < 1.29 is 32.3 Å². The van der Waals surface area contributed by atoms with E-state index in [-0.39, 0.29) is 29.3 Å². The van der Waals surface area contributed by atoms with Crippen LogP contribution < -0.4 is 14.8 Å². The van der Waals surface area contributed by atoms with E-state index >= 15 is 0 Å². The van der Waals surface area contributed by atoms with Crippen LogP contribution in [-0.4, -0.2) is 58.4 Å². The highest BCUT2D eigenvalue weighted by Gasteiger charge is 2.23. The fraction of sp³-hybridized carbons (Fsp3) is 0.222. The molecule has 12 heteroatoms. The summed E-state index contributed by atoms with van der Waals surface area (Å²) in [5, 5.41) is 3.20. The van der Waals surface area contributed by atoms with Gasteiger partial charge in [0.25, 0.3) is 5.91 Å².